The average molecular weight is 268 g/mol. The van der Waals surface area contributed by atoms with Gasteiger partial charge in [-0.05, 0) is 24.6 Å². The van der Waals surface area contributed by atoms with Crippen LogP contribution in [0.4, 0.5) is 0 Å². The zero-order chi connectivity index (χ0) is 12.4. The summed E-state index contributed by atoms with van der Waals surface area (Å²) >= 11 is 12.3. The molecular formula is C13H11Cl2NO. The van der Waals surface area contributed by atoms with E-state index in [1.807, 2.05) is 13.0 Å². The van der Waals surface area contributed by atoms with Gasteiger partial charge in [0.05, 0.1) is 22.3 Å². The van der Waals surface area contributed by atoms with Crippen LogP contribution in [-0.4, -0.2) is 10.1 Å². The van der Waals surface area contributed by atoms with E-state index < -0.39 is 0 Å². The van der Waals surface area contributed by atoms with Crippen LogP contribution < -0.4 is 0 Å². The molecule has 4 heteroatoms. The highest BCUT2D eigenvalue weighted by molar-refractivity contribution is 6.39. The summed E-state index contributed by atoms with van der Waals surface area (Å²) in [5.74, 6) is 0. The van der Waals surface area contributed by atoms with Crippen molar-refractivity contribution in [2.24, 2.45) is 0 Å². The molecule has 0 saturated carbocycles. The van der Waals surface area contributed by atoms with Crippen molar-refractivity contribution in [1.29, 1.82) is 0 Å². The minimum Gasteiger partial charge on any atom is -0.392 e. The highest BCUT2D eigenvalue weighted by Gasteiger charge is 2.13. The molecule has 1 heterocycles. The first-order valence-corrected chi connectivity index (χ1v) is 5.90. The molecule has 2 nitrogen and oxygen atoms in total. The molecule has 0 aliphatic carbocycles. The van der Waals surface area contributed by atoms with E-state index in [4.69, 9.17) is 23.2 Å². The van der Waals surface area contributed by atoms with Gasteiger partial charge < -0.3 is 5.11 Å². The summed E-state index contributed by atoms with van der Waals surface area (Å²) in [6.07, 6.45) is 1.73. The Labute approximate surface area is 110 Å². The van der Waals surface area contributed by atoms with Crippen LogP contribution in [0.2, 0.25) is 10.0 Å². The minimum atomic E-state index is -0.0917. The molecule has 0 saturated heterocycles. The Kier molecular flexibility index (Phi) is 3.67. The second-order valence-corrected chi connectivity index (χ2v) is 4.59. The predicted octanol–water partition coefficient (Wildman–Crippen LogP) is 3.86. The molecule has 17 heavy (non-hydrogen) atoms. The summed E-state index contributed by atoms with van der Waals surface area (Å²) in [7, 11) is 0. The van der Waals surface area contributed by atoms with Crippen molar-refractivity contribution in [1.82, 2.24) is 4.98 Å². The van der Waals surface area contributed by atoms with Crippen molar-refractivity contribution in [3.05, 3.63) is 51.6 Å². The summed E-state index contributed by atoms with van der Waals surface area (Å²) in [5.41, 5.74) is 3.01. The molecule has 0 atom stereocenters. The van der Waals surface area contributed by atoms with Gasteiger partial charge in [0.15, 0.2) is 0 Å². The molecule has 2 aromatic rings. The average Bonchev–Trinajstić information content (AvgIpc) is 2.30. The number of benzene rings is 1. The Hall–Kier alpha value is -1.09. The number of nitrogens with zero attached hydrogens (tertiary/aromatic N) is 1. The minimum absolute atomic E-state index is 0.0917. The van der Waals surface area contributed by atoms with Crippen molar-refractivity contribution in [3.8, 4) is 11.3 Å². The predicted molar refractivity (Wildman–Crippen MR) is 70.4 cm³/mol. The molecule has 1 N–H and O–H groups in total. The summed E-state index contributed by atoms with van der Waals surface area (Å²) in [6, 6.07) is 7.17. The van der Waals surface area contributed by atoms with Crippen molar-refractivity contribution in [2.75, 3.05) is 0 Å². The fourth-order valence-electron chi connectivity index (χ4n) is 1.70. The van der Waals surface area contributed by atoms with Gasteiger partial charge in [-0.1, -0.05) is 35.3 Å². The van der Waals surface area contributed by atoms with Gasteiger partial charge in [0.1, 0.15) is 0 Å². The van der Waals surface area contributed by atoms with E-state index >= 15 is 0 Å². The zero-order valence-corrected chi connectivity index (χ0v) is 10.8. The first-order chi connectivity index (χ1) is 8.13. The molecule has 2 rings (SSSR count). The molecule has 0 fully saturated rings. The molecule has 0 aliphatic rings. The molecule has 1 aromatic heterocycles. The van der Waals surface area contributed by atoms with E-state index in [-0.39, 0.29) is 6.61 Å². The van der Waals surface area contributed by atoms with Crippen molar-refractivity contribution in [2.45, 2.75) is 13.5 Å². The maximum absolute atomic E-state index is 9.36. The van der Waals surface area contributed by atoms with E-state index in [0.717, 1.165) is 11.1 Å². The highest BCUT2D eigenvalue weighted by Crippen LogP contribution is 2.35. The number of aliphatic hydroxyl groups is 1. The van der Waals surface area contributed by atoms with Crippen LogP contribution in [0.5, 0.6) is 0 Å². The number of halogens is 2. The van der Waals surface area contributed by atoms with Crippen LogP contribution in [0.15, 0.2) is 30.5 Å². The monoisotopic (exact) mass is 267 g/mol. The normalized spacial score (nSPS) is 10.6. The fourth-order valence-corrected chi connectivity index (χ4v) is 2.28. The molecular weight excluding hydrogens is 257 g/mol. The highest BCUT2D eigenvalue weighted by atomic mass is 35.5. The van der Waals surface area contributed by atoms with Crippen LogP contribution >= 0.6 is 23.2 Å². The molecule has 0 bridgehead atoms. The first-order valence-electron chi connectivity index (χ1n) is 5.14. The maximum Gasteiger partial charge on any atom is 0.0787 e. The lowest BCUT2D eigenvalue weighted by molar-refractivity contribution is 0.282. The van der Waals surface area contributed by atoms with E-state index in [1.165, 1.54) is 0 Å². The topological polar surface area (TPSA) is 33.1 Å². The van der Waals surface area contributed by atoms with Crippen molar-refractivity contribution >= 4 is 23.2 Å². The third-order valence-corrected chi connectivity index (χ3v) is 3.10. The first kappa shape index (κ1) is 12.4. The van der Waals surface area contributed by atoms with Gasteiger partial charge in [0.2, 0.25) is 0 Å². The number of aryl methyl sites for hydroxylation is 1. The van der Waals surface area contributed by atoms with E-state index in [2.05, 4.69) is 4.98 Å². The summed E-state index contributed by atoms with van der Waals surface area (Å²) < 4.78 is 0. The standard InChI is InChI=1S/C13H11Cl2NO/c1-8-5-9(7-17)13(16-6-8)12-10(14)3-2-4-11(12)15/h2-6,17H,7H2,1H3. The summed E-state index contributed by atoms with van der Waals surface area (Å²) in [6.45, 7) is 1.83. The lowest BCUT2D eigenvalue weighted by Gasteiger charge is -2.10. The Bertz CT molecular complexity index is 535. The largest absolute Gasteiger partial charge is 0.392 e. The number of aromatic nitrogens is 1. The second-order valence-electron chi connectivity index (χ2n) is 3.78. The summed E-state index contributed by atoms with van der Waals surface area (Å²) in [5, 5.41) is 10.4. The van der Waals surface area contributed by atoms with Crippen LogP contribution in [0.1, 0.15) is 11.1 Å². The number of hydrogen-bond donors (Lipinski definition) is 1. The molecule has 0 amide bonds. The second kappa shape index (κ2) is 5.05. The Morgan fingerprint density at radius 1 is 1.24 bits per heavy atom. The molecule has 88 valence electrons. The molecule has 0 aliphatic heterocycles. The van der Waals surface area contributed by atoms with Crippen LogP contribution in [0.3, 0.4) is 0 Å². The van der Waals surface area contributed by atoms with Gasteiger partial charge in [-0.25, -0.2) is 0 Å². The van der Waals surface area contributed by atoms with E-state index in [0.29, 0.717) is 21.3 Å². The number of hydrogen-bond acceptors (Lipinski definition) is 2. The van der Waals surface area contributed by atoms with Gasteiger partial charge in [0, 0.05) is 17.3 Å². The molecule has 0 spiro atoms. The molecule has 0 unspecified atom stereocenters. The maximum atomic E-state index is 9.36. The van der Waals surface area contributed by atoms with Crippen LogP contribution in [-0.2, 0) is 6.61 Å². The van der Waals surface area contributed by atoms with Crippen molar-refractivity contribution < 1.29 is 5.11 Å². The Morgan fingerprint density at radius 2 is 1.88 bits per heavy atom. The van der Waals surface area contributed by atoms with Crippen LogP contribution in [0.25, 0.3) is 11.3 Å². The van der Waals surface area contributed by atoms with Crippen LogP contribution in [0, 0.1) is 6.92 Å². The van der Waals surface area contributed by atoms with Gasteiger partial charge in [-0.2, -0.15) is 0 Å². The lowest BCUT2D eigenvalue weighted by atomic mass is 10.0. The lowest BCUT2D eigenvalue weighted by Crippen LogP contribution is -1.95. The van der Waals surface area contributed by atoms with E-state index in [1.54, 1.807) is 24.4 Å². The quantitative estimate of drug-likeness (QED) is 0.897. The third kappa shape index (κ3) is 2.44. The molecule has 0 radical (unpaired) electrons. The SMILES string of the molecule is Cc1cnc(-c2c(Cl)cccc2Cl)c(CO)c1. The van der Waals surface area contributed by atoms with Gasteiger partial charge in [0.25, 0.3) is 0 Å². The van der Waals surface area contributed by atoms with E-state index in [9.17, 15) is 5.11 Å². The Morgan fingerprint density at radius 3 is 2.47 bits per heavy atom. The third-order valence-electron chi connectivity index (χ3n) is 2.47. The fraction of sp³-hybridized carbons (Fsp3) is 0.154. The number of rotatable bonds is 2. The molecule has 1 aromatic carbocycles. The van der Waals surface area contributed by atoms with Gasteiger partial charge in [-0.3, -0.25) is 4.98 Å². The zero-order valence-electron chi connectivity index (χ0n) is 9.24. The van der Waals surface area contributed by atoms with Gasteiger partial charge in [-0.15, -0.1) is 0 Å². The smallest absolute Gasteiger partial charge is 0.0787 e. The van der Waals surface area contributed by atoms with Gasteiger partial charge >= 0.3 is 0 Å². The van der Waals surface area contributed by atoms with Crippen molar-refractivity contribution in [3.63, 3.8) is 0 Å². The Balaban J connectivity index is 2.68. The number of pyridine rings is 1. The number of aliphatic hydroxyl groups excluding tert-OH is 1. The summed E-state index contributed by atoms with van der Waals surface area (Å²) in [4.78, 5) is 4.31.